The molecular weight excluding hydrogens is 264 g/mol. The van der Waals surface area contributed by atoms with Crippen LogP contribution in [0.2, 0.25) is 5.15 Å². The molecule has 0 fully saturated rings. The number of halogens is 1. The van der Waals surface area contributed by atoms with Gasteiger partial charge in [-0.25, -0.2) is 4.98 Å². The summed E-state index contributed by atoms with van der Waals surface area (Å²) in [6, 6.07) is 8.67. The number of benzene rings is 1. The molecule has 94 valence electrons. The Morgan fingerprint density at radius 3 is 2.39 bits per heavy atom. The van der Waals surface area contributed by atoms with E-state index >= 15 is 0 Å². The Kier molecular flexibility index (Phi) is 4.61. The van der Waals surface area contributed by atoms with E-state index in [2.05, 4.69) is 48.1 Å². The van der Waals surface area contributed by atoms with Crippen LogP contribution >= 0.6 is 23.4 Å². The maximum atomic E-state index is 5.70. The van der Waals surface area contributed by atoms with Gasteiger partial charge in [-0.05, 0) is 23.6 Å². The summed E-state index contributed by atoms with van der Waals surface area (Å²) in [7, 11) is 0. The first kappa shape index (κ1) is 13.4. The van der Waals surface area contributed by atoms with E-state index < -0.39 is 0 Å². The SMILES string of the molecule is CC(C)c1ccc(SCc2cnc(Cl)cn2)cc1. The van der Waals surface area contributed by atoms with Crippen LogP contribution in [0.5, 0.6) is 0 Å². The molecule has 0 saturated heterocycles. The first-order chi connectivity index (χ1) is 8.65. The fourth-order valence-electron chi connectivity index (χ4n) is 1.52. The molecule has 0 atom stereocenters. The Bertz CT molecular complexity index is 494. The molecule has 0 spiro atoms. The van der Waals surface area contributed by atoms with E-state index in [1.165, 1.54) is 10.5 Å². The van der Waals surface area contributed by atoms with E-state index in [-0.39, 0.29) is 0 Å². The second kappa shape index (κ2) is 6.21. The minimum atomic E-state index is 0.435. The lowest BCUT2D eigenvalue weighted by atomic mass is 10.0. The van der Waals surface area contributed by atoms with E-state index in [1.54, 1.807) is 24.2 Å². The molecule has 1 aromatic heterocycles. The summed E-state index contributed by atoms with van der Waals surface area (Å²) in [6.07, 6.45) is 3.30. The predicted octanol–water partition coefficient (Wildman–Crippen LogP) is 4.55. The normalized spacial score (nSPS) is 10.9. The fraction of sp³-hybridized carbons (Fsp3) is 0.286. The van der Waals surface area contributed by atoms with Crippen molar-refractivity contribution in [1.29, 1.82) is 0 Å². The molecule has 18 heavy (non-hydrogen) atoms. The van der Waals surface area contributed by atoms with Crippen LogP contribution in [0.15, 0.2) is 41.6 Å². The van der Waals surface area contributed by atoms with Gasteiger partial charge < -0.3 is 0 Å². The average molecular weight is 279 g/mol. The average Bonchev–Trinajstić information content (AvgIpc) is 2.38. The van der Waals surface area contributed by atoms with E-state index in [9.17, 15) is 0 Å². The van der Waals surface area contributed by atoms with Crippen molar-refractivity contribution in [3.63, 3.8) is 0 Å². The van der Waals surface area contributed by atoms with Gasteiger partial charge in [0.05, 0.1) is 18.1 Å². The third-order valence-electron chi connectivity index (χ3n) is 2.61. The fourth-order valence-corrected chi connectivity index (χ4v) is 2.41. The lowest BCUT2D eigenvalue weighted by molar-refractivity contribution is 0.865. The Morgan fingerprint density at radius 1 is 1.11 bits per heavy atom. The third-order valence-corrected chi connectivity index (χ3v) is 3.85. The number of aromatic nitrogens is 2. The van der Waals surface area contributed by atoms with Crippen LogP contribution < -0.4 is 0 Å². The summed E-state index contributed by atoms with van der Waals surface area (Å²) in [5.74, 6) is 1.39. The summed E-state index contributed by atoms with van der Waals surface area (Å²) in [4.78, 5) is 9.49. The molecule has 0 unspecified atom stereocenters. The van der Waals surface area contributed by atoms with E-state index in [0.29, 0.717) is 11.1 Å². The summed E-state index contributed by atoms with van der Waals surface area (Å²) in [6.45, 7) is 4.40. The summed E-state index contributed by atoms with van der Waals surface area (Å²) < 4.78 is 0. The Balaban J connectivity index is 1.95. The highest BCUT2D eigenvalue weighted by molar-refractivity contribution is 7.98. The standard InChI is InChI=1S/C14H15ClN2S/c1-10(2)11-3-5-13(6-4-11)18-9-12-7-17-14(15)8-16-12/h3-8,10H,9H2,1-2H3. The van der Waals surface area contributed by atoms with Gasteiger partial charge in [-0.1, -0.05) is 37.6 Å². The first-order valence-electron chi connectivity index (χ1n) is 5.84. The van der Waals surface area contributed by atoms with Crippen molar-refractivity contribution < 1.29 is 0 Å². The van der Waals surface area contributed by atoms with Crippen LogP contribution in [-0.4, -0.2) is 9.97 Å². The van der Waals surface area contributed by atoms with Crippen molar-refractivity contribution >= 4 is 23.4 Å². The first-order valence-corrected chi connectivity index (χ1v) is 7.20. The molecule has 0 saturated carbocycles. The van der Waals surface area contributed by atoms with Crippen LogP contribution in [0.1, 0.15) is 31.0 Å². The van der Waals surface area contributed by atoms with Crippen molar-refractivity contribution in [2.75, 3.05) is 0 Å². The molecule has 0 aliphatic carbocycles. The quantitative estimate of drug-likeness (QED) is 0.768. The van der Waals surface area contributed by atoms with Crippen molar-refractivity contribution in [1.82, 2.24) is 9.97 Å². The van der Waals surface area contributed by atoms with Gasteiger partial charge in [0.2, 0.25) is 0 Å². The molecule has 0 radical (unpaired) electrons. The number of nitrogens with zero attached hydrogens (tertiary/aromatic N) is 2. The largest absolute Gasteiger partial charge is 0.256 e. The molecule has 0 amide bonds. The predicted molar refractivity (Wildman–Crippen MR) is 77.1 cm³/mol. The molecule has 2 nitrogen and oxygen atoms in total. The highest BCUT2D eigenvalue weighted by Crippen LogP contribution is 2.24. The maximum absolute atomic E-state index is 5.70. The highest BCUT2D eigenvalue weighted by Gasteiger charge is 2.01. The number of hydrogen-bond acceptors (Lipinski definition) is 3. The van der Waals surface area contributed by atoms with Crippen molar-refractivity contribution in [3.05, 3.63) is 53.1 Å². The van der Waals surface area contributed by atoms with Crippen LogP contribution in [0.4, 0.5) is 0 Å². The van der Waals surface area contributed by atoms with Gasteiger partial charge in [0.15, 0.2) is 0 Å². The van der Waals surface area contributed by atoms with Gasteiger partial charge in [0.1, 0.15) is 5.15 Å². The topological polar surface area (TPSA) is 25.8 Å². The molecule has 4 heteroatoms. The van der Waals surface area contributed by atoms with Gasteiger partial charge in [0.25, 0.3) is 0 Å². The van der Waals surface area contributed by atoms with E-state index in [4.69, 9.17) is 11.6 Å². The molecule has 0 aliphatic heterocycles. The van der Waals surface area contributed by atoms with Crippen molar-refractivity contribution in [2.24, 2.45) is 0 Å². The summed E-state index contributed by atoms with van der Waals surface area (Å²) in [5.41, 5.74) is 2.31. The number of hydrogen-bond donors (Lipinski definition) is 0. The van der Waals surface area contributed by atoms with Crippen molar-refractivity contribution in [3.8, 4) is 0 Å². The van der Waals surface area contributed by atoms with Crippen LogP contribution in [0.25, 0.3) is 0 Å². The van der Waals surface area contributed by atoms with E-state index in [0.717, 1.165) is 11.4 Å². The minimum absolute atomic E-state index is 0.435. The molecule has 0 N–H and O–H groups in total. The van der Waals surface area contributed by atoms with Crippen molar-refractivity contribution in [2.45, 2.75) is 30.4 Å². The molecule has 0 aliphatic rings. The van der Waals surface area contributed by atoms with E-state index in [1.807, 2.05) is 0 Å². The molecule has 2 aromatic rings. The van der Waals surface area contributed by atoms with Gasteiger partial charge >= 0.3 is 0 Å². The van der Waals surface area contributed by atoms with Gasteiger partial charge in [-0.3, -0.25) is 4.98 Å². The zero-order chi connectivity index (χ0) is 13.0. The zero-order valence-corrected chi connectivity index (χ0v) is 12.0. The molecule has 0 bridgehead atoms. The van der Waals surface area contributed by atoms with Gasteiger partial charge in [0, 0.05) is 10.6 Å². The minimum Gasteiger partial charge on any atom is -0.256 e. The Hall–Kier alpha value is -1.06. The van der Waals surface area contributed by atoms with Crippen LogP contribution in [0.3, 0.4) is 0 Å². The zero-order valence-electron chi connectivity index (χ0n) is 10.4. The molecule has 1 heterocycles. The molecule has 2 rings (SSSR count). The molecule has 1 aromatic carbocycles. The maximum Gasteiger partial charge on any atom is 0.147 e. The van der Waals surface area contributed by atoms with Crippen LogP contribution in [0, 0.1) is 0 Å². The smallest absolute Gasteiger partial charge is 0.147 e. The van der Waals surface area contributed by atoms with Gasteiger partial charge in [-0.2, -0.15) is 0 Å². The number of thioether (sulfide) groups is 1. The summed E-state index contributed by atoms with van der Waals surface area (Å²) >= 11 is 7.45. The Labute approximate surface area is 117 Å². The second-order valence-corrected chi connectivity index (χ2v) is 5.78. The summed E-state index contributed by atoms with van der Waals surface area (Å²) in [5, 5.41) is 0.435. The second-order valence-electron chi connectivity index (χ2n) is 4.34. The lowest BCUT2D eigenvalue weighted by Gasteiger charge is -2.06. The molecular formula is C14H15ClN2S. The highest BCUT2D eigenvalue weighted by atomic mass is 35.5. The Morgan fingerprint density at radius 2 is 1.83 bits per heavy atom. The number of rotatable bonds is 4. The van der Waals surface area contributed by atoms with Crippen LogP contribution in [-0.2, 0) is 5.75 Å². The lowest BCUT2D eigenvalue weighted by Crippen LogP contribution is -1.89. The third kappa shape index (κ3) is 3.72. The van der Waals surface area contributed by atoms with Gasteiger partial charge in [-0.15, -0.1) is 11.8 Å². The monoisotopic (exact) mass is 278 g/mol.